The molecular formula is C17H21Cl2N3O3. The van der Waals surface area contributed by atoms with E-state index in [-0.39, 0.29) is 46.4 Å². The minimum absolute atomic E-state index is 0. The number of hydrogen-bond acceptors (Lipinski definition) is 4. The van der Waals surface area contributed by atoms with Crippen molar-refractivity contribution in [1.82, 2.24) is 10.2 Å². The zero-order valence-electron chi connectivity index (χ0n) is 16.5. The van der Waals surface area contributed by atoms with E-state index in [2.05, 4.69) is 10.2 Å². The summed E-state index contributed by atoms with van der Waals surface area (Å²) in [5.74, 6) is -0.551. The number of carbonyl (C=O) groups excluding carboxylic acids is 2. The third-order valence-electron chi connectivity index (χ3n) is 5.08. The molecule has 1 N–H and O–H groups in total. The molecular weight excluding hydrogens is 366 g/mol. The van der Waals surface area contributed by atoms with E-state index in [1.54, 1.807) is 0 Å². The topological polar surface area (TPSA) is 61.9 Å². The zero-order valence-corrected chi connectivity index (χ0v) is 15.0. The molecule has 5 rings (SSSR count). The fourth-order valence-electron chi connectivity index (χ4n) is 3.77. The number of nitrogens with one attached hydrogen (secondary N) is 1. The van der Waals surface area contributed by atoms with Gasteiger partial charge in [-0.25, -0.2) is 0 Å². The Balaban J connectivity index is 0.00000225. The fraction of sp³-hybridized carbons (Fsp3) is 0.529. The monoisotopic (exact) mass is 389 g/mol. The third kappa shape index (κ3) is 3.30. The van der Waals surface area contributed by atoms with Crippen LogP contribution < -0.4 is 15.0 Å². The lowest BCUT2D eigenvalue weighted by Crippen LogP contribution is -2.57. The molecule has 4 aliphatic rings. The maximum Gasteiger partial charge on any atom is 0.264 e. The number of piperidine rings is 3. The molecule has 3 saturated heterocycles. The highest BCUT2D eigenvalue weighted by Crippen LogP contribution is 2.38. The number of halogens is 2. The molecule has 136 valence electrons. The first-order valence-corrected chi connectivity index (χ1v) is 8.44. The van der Waals surface area contributed by atoms with E-state index in [9.17, 15) is 9.59 Å². The summed E-state index contributed by atoms with van der Waals surface area (Å²) in [6.07, 6.45) is 2.10. The molecule has 25 heavy (non-hydrogen) atoms. The van der Waals surface area contributed by atoms with Crippen molar-refractivity contribution in [2.45, 2.75) is 18.9 Å². The molecule has 2 amide bonds. The van der Waals surface area contributed by atoms with E-state index in [1.807, 2.05) is 0 Å². The van der Waals surface area contributed by atoms with E-state index in [0.29, 0.717) is 10.8 Å². The van der Waals surface area contributed by atoms with Crippen LogP contribution in [0.4, 0.5) is 5.69 Å². The molecule has 1 atom stereocenters. The van der Waals surface area contributed by atoms with Gasteiger partial charge in [0.2, 0.25) is 0 Å². The van der Waals surface area contributed by atoms with Crippen LogP contribution in [0.3, 0.4) is 0 Å². The summed E-state index contributed by atoms with van der Waals surface area (Å²) in [6, 6.07) is 2.83. The number of rotatable bonds is 2. The molecule has 2 bridgehead atoms. The molecule has 0 aliphatic carbocycles. The molecule has 0 spiro atoms. The Bertz CT molecular complexity index is 798. The van der Waals surface area contributed by atoms with Crippen molar-refractivity contribution in [3.8, 4) is 5.75 Å². The van der Waals surface area contributed by atoms with Crippen molar-refractivity contribution in [2.75, 3.05) is 38.1 Å². The maximum absolute atomic E-state index is 12.9. The largest absolute Gasteiger partial charge is 0.481 e. The van der Waals surface area contributed by atoms with Gasteiger partial charge in [0.05, 0.1) is 11.3 Å². The number of ether oxygens (including phenoxy) is 1. The van der Waals surface area contributed by atoms with Crippen molar-refractivity contribution in [3.05, 3.63) is 22.7 Å². The lowest BCUT2D eigenvalue weighted by atomic mass is 9.84. The molecule has 1 unspecified atom stereocenters. The SMILES string of the molecule is Cl.[2H][13C]([2H])([2H])N1C(=O)COc2c(C(=O)NC3CN4CCC3CC4)cc(Cl)cc21. The van der Waals surface area contributed by atoms with Crippen LogP contribution in [-0.2, 0) is 4.79 Å². The van der Waals surface area contributed by atoms with Crippen LogP contribution >= 0.6 is 24.0 Å². The van der Waals surface area contributed by atoms with Gasteiger partial charge in [0.15, 0.2) is 12.4 Å². The van der Waals surface area contributed by atoms with Gasteiger partial charge in [0, 0.05) is 28.7 Å². The van der Waals surface area contributed by atoms with Gasteiger partial charge in [0.1, 0.15) is 0 Å². The van der Waals surface area contributed by atoms with E-state index in [4.69, 9.17) is 20.5 Å². The summed E-state index contributed by atoms with van der Waals surface area (Å²) in [5.41, 5.74) is 0.147. The van der Waals surface area contributed by atoms with Gasteiger partial charge in [-0.05, 0) is 44.0 Å². The quantitative estimate of drug-likeness (QED) is 0.785. The second-order valence-electron chi connectivity index (χ2n) is 6.54. The molecule has 1 aromatic rings. The second kappa shape index (κ2) is 7.02. The number of amides is 2. The summed E-state index contributed by atoms with van der Waals surface area (Å²) < 4.78 is 28.3. The van der Waals surface area contributed by atoms with Crippen molar-refractivity contribution in [3.63, 3.8) is 0 Å². The first-order chi connectivity index (χ1) is 12.7. The van der Waals surface area contributed by atoms with Crippen LogP contribution in [0.15, 0.2) is 12.1 Å². The van der Waals surface area contributed by atoms with Gasteiger partial charge in [-0.2, -0.15) is 0 Å². The zero-order chi connectivity index (χ0) is 19.3. The molecule has 6 nitrogen and oxygen atoms in total. The Labute approximate surface area is 162 Å². The van der Waals surface area contributed by atoms with Crippen LogP contribution in [0.1, 0.15) is 27.3 Å². The predicted molar refractivity (Wildman–Crippen MR) is 98.0 cm³/mol. The summed E-state index contributed by atoms with van der Waals surface area (Å²) in [7, 11) is 0. The molecule has 3 fully saturated rings. The number of fused-ring (bicyclic) bond motifs is 4. The van der Waals surface area contributed by atoms with Crippen molar-refractivity contribution in [2.24, 2.45) is 5.92 Å². The second-order valence-corrected chi connectivity index (χ2v) is 6.97. The normalized spacial score (nSPS) is 29.5. The Morgan fingerprint density at radius 3 is 2.80 bits per heavy atom. The minimum Gasteiger partial charge on any atom is -0.481 e. The number of benzene rings is 1. The standard InChI is InChI=1S/C17H20ClN3O3.ClH/c1-20-14-7-11(18)6-12(16(14)24-9-15(20)22)17(23)19-13-8-21-4-2-10(13)3-5-21;/h6-7,10,13H,2-5,8-9H2,1H3,(H,19,23);1H/i1+1D3;. The van der Waals surface area contributed by atoms with Gasteiger partial charge in [0.25, 0.3) is 11.8 Å². The highest BCUT2D eigenvalue weighted by Gasteiger charge is 2.36. The lowest BCUT2D eigenvalue weighted by molar-refractivity contribution is -0.121. The highest BCUT2D eigenvalue weighted by molar-refractivity contribution is 6.31. The number of likely N-dealkylation sites (N-methyl/N-ethyl adjacent to an activating group) is 1. The van der Waals surface area contributed by atoms with E-state index in [1.165, 1.54) is 12.1 Å². The maximum atomic E-state index is 12.9. The molecule has 8 heteroatoms. The molecule has 4 aliphatic heterocycles. The molecule has 0 aromatic heterocycles. The Hall–Kier alpha value is -1.50. The first kappa shape index (κ1) is 14.6. The van der Waals surface area contributed by atoms with Crippen molar-refractivity contribution >= 4 is 41.5 Å². The molecule has 0 saturated carbocycles. The summed E-state index contributed by atoms with van der Waals surface area (Å²) in [4.78, 5) is 28.0. The fourth-order valence-corrected chi connectivity index (χ4v) is 3.99. The lowest BCUT2D eigenvalue weighted by Gasteiger charge is -2.45. The van der Waals surface area contributed by atoms with Gasteiger partial charge in [-0.1, -0.05) is 11.6 Å². The smallest absolute Gasteiger partial charge is 0.264 e. The third-order valence-corrected chi connectivity index (χ3v) is 5.30. The van der Waals surface area contributed by atoms with Crippen LogP contribution in [-0.4, -0.2) is 56.0 Å². The predicted octanol–water partition coefficient (Wildman–Crippen LogP) is 1.94. The van der Waals surface area contributed by atoms with Crippen LogP contribution in [0, 0.1) is 5.92 Å². The van der Waals surface area contributed by atoms with Crippen molar-refractivity contribution < 1.29 is 18.4 Å². The van der Waals surface area contributed by atoms with E-state index < -0.39 is 19.5 Å². The van der Waals surface area contributed by atoms with Crippen LogP contribution in [0.25, 0.3) is 0 Å². The highest BCUT2D eigenvalue weighted by atomic mass is 35.5. The molecule has 4 heterocycles. The Morgan fingerprint density at radius 2 is 2.16 bits per heavy atom. The van der Waals surface area contributed by atoms with E-state index in [0.717, 1.165) is 32.5 Å². The minimum atomic E-state index is -2.69. The molecule has 1 aromatic carbocycles. The number of nitrogens with zero attached hydrogens (tertiary/aromatic N) is 2. The number of hydrogen-bond donors (Lipinski definition) is 1. The van der Waals surface area contributed by atoms with Gasteiger partial charge < -0.3 is 19.9 Å². The average molecular weight is 390 g/mol. The Kier molecular flexibility index (Phi) is 4.11. The summed E-state index contributed by atoms with van der Waals surface area (Å²) in [5, 5.41) is 3.21. The van der Waals surface area contributed by atoms with Crippen LogP contribution in [0.5, 0.6) is 5.75 Å². The Morgan fingerprint density at radius 1 is 1.40 bits per heavy atom. The molecule has 0 radical (unpaired) electrons. The number of carbonyl (C=O) groups is 2. The van der Waals surface area contributed by atoms with Gasteiger partial charge in [-0.15, -0.1) is 12.4 Å². The number of anilines is 1. The summed E-state index contributed by atoms with van der Waals surface area (Å²) in [6.45, 7) is -0.207. The van der Waals surface area contributed by atoms with Gasteiger partial charge >= 0.3 is 0 Å². The van der Waals surface area contributed by atoms with Gasteiger partial charge in [-0.3, -0.25) is 9.59 Å². The van der Waals surface area contributed by atoms with E-state index >= 15 is 0 Å². The first-order valence-electron chi connectivity index (χ1n) is 9.56. The van der Waals surface area contributed by atoms with Crippen LogP contribution in [0.2, 0.25) is 5.02 Å². The summed E-state index contributed by atoms with van der Waals surface area (Å²) >= 11 is 6.13. The van der Waals surface area contributed by atoms with Crippen molar-refractivity contribution in [1.29, 1.82) is 0 Å². The average Bonchev–Trinajstić information content (AvgIpc) is 2.60.